The van der Waals surface area contributed by atoms with Gasteiger partial charge in [-0.15, -0.1) is 0 Å². The largest absolute Gasteiger partial charge is 0.386 e. The molecular formula is C27H33ClN4O2. The van der Waals surface area contributed by atoms with Crippen LogP contribution in [0.2, 0.25) is 5.02 Å². The molecule has 0 spiro atoms. The number of carbonyl (C=O) groups is 1. The van der Waals surface area contributed by atoms with Gasteiger partial charge in [0.05, 0.1) is 17.6 Å². The summed E-state index contributed by atoms with van der Waals surface area (Å²) in [7, 11) is 0. The lowest BCUT2D eigenvalue weighted by molar-refractivity contribution is -0.138. The maximum absolute atomic E-state index is 13.3. The molecule has 2 aromatic carbocycles. The fourth-order valence-electron chi connectivity index (χ4n) is 4.70. The van der Waals surface area contributed by atoms with E-state index in [1.807, 2.05) is 59.4 Å². The van der Waals surface area contributed by atoms with E-state index in [0.717, 1.165) is 36.2 Å². The Bertz CT molecular complexity index is 1050. The molecule has 0 unspecified atom stereocenters. The predicted octanol–water partition coefficient (Wildman–Crippen LogP) is 4.70. The Morgan fingerprint density at radius 3 is 2.68 bits per heavy atom. The minimum atomic E-state index is -0.992. The van der Waals surface area contributed by atoms with Gasteiger partial charge in [-0.3, -0.25) is 9.80 Å². The predicted molar refractivity (Wildman–Crippen MR) is 137 cm³/mol. The van der Waals surface area contributed by atoms with E-state index in [1.54, 1.807) is 6.92 Å². The van der Waals surface area contributed by atoms with Crippen molar-refractivity contribution in [3.8, 4) is 0 Å². The van der Waals surface area contributed by atoms with E-state index in [4.69, 9.17) is 11.6 Å². The van der Waals surface area contributed by atoms with Crippen molar-refractivity contribution in [2.45, 2.75) is 44.9 Å². The molecule has 0 radical (unpaired) electrons. The van der Waals surface area contributed by atoms with Crippen LogP contribution in [0.4, 0.5) is 5.69 Å². The standard InChI is InChI=1S/C27H33ClN4O2/c1-18(27(34)31-15-5-9-25(31)22-7-4-8-23(28)17-22)26(33)20(3)30-19(2)21-10-12-24(13-11-21)32-16-6-14-29-32/h4,6-8,10-13,16-19,25-26,29-30,33H,3,5,9,14-15H2,1-2H3/t18-,19-,25-,26-/m1/s1. The molecule has 4 atom stereocenters. The molecule has 1 fully saturated rings. The monoisotopic (exact) mass is 480 g/mol. The molecule has 0 saturated carbocycles. The minimum Gasteiger partial charge on any atom is -0.386 e. The fraction of sp³-hybridized carbons (Fsp3) is 0.370. The zero-order chi connectivity index (χ0) is 24.2. The molecule has 3 N–H and O–H groups in total. The van der Waals surface area contributed by atoms with E-state index in [1.165, 1.54) is 0 Å². The third-order valence-corrected chi connectivity index (χ3v) is 6.93. The highest BCUT2D eigenvalue weighted by atomic mass is 35.5. The molecule has 0 bridgehead atoms. The van der Waals surface area contributed by atoms with Gasteiger partial charge in [-0.1, -0.05) is 55.4 Å². The van der Waals surface area contributed by atoms with Crippen LogP contribution in [-0.2, 0) is 4.79 Å². The van der Waals surface area contributed by atoms with Crippen molar-refractivity contribution < 1.29 is 9.90 Å². The second-order valence-corrected chi connectivity index (χ2v) is 9.51. The number of aliphatic hydroxyl groups is 1. The Morgan fingerprint density at radius 2 is 2.00 bits per heavy atom. The molecule has 1 saturated heterocycles. The number of nitrogens with one attached hydrogen (secondary N) is 2. The van der Waals surface area contributed by atoms with Gasteiger partial charge < -0.3 is 15.3 Å². The van der Waals surface area contributed by atoms with E-state index in [0.29, 0.717) is 17.3 Å². The highest BCUT2D eigenvalue weighted by Gasteiger charge is 2.35. The summed E-state index contributed by atoms with van der Waals surface area (Å²) < 4.78 is 0. The number of aliphatic hydroxyl groups excluding tert-OH is 1. The number of nitrogens with zero attached hydrogens (tertiary/aromatic N) is 2. The van der Waals surface area contributed by atoms with Gasteiger partial charge in [0, 0.05) is 36.1 Å². The van der Waals surface area contributed by atoms with Crippen molar-refractivity contribution in [2.75, 3.05) is 18.1 Å². The van der Waals surface area contributed by atoms with Crippen molar-refractivity contribution in [1.82, 2.24) is 15.6 Å². The molecule has 1 amide bonds. The fourth-order valence-corrected chi connectivity index (χ4v) is 4.90. The molecule has 2 aliphatic heterocycles. The minimum absolute atomic E-state index is 0.0144. The maximum atomic E-state index is 13.3. The molecule has 7 heteroatoms. The number of hydrogen-bond donors (Lipinski definition) is 3. The van der Waals surface area contributed by atoms with E-state index < -0.39 is 12.0 Å². The third kappa shape index (κ3) is 5.30. The molecular weight excluding hydrogens is 448 g/mol. The smallest absolute Gasteiger partial charge is 0.228 e. The van der Waals surface area contributed by atoms with Gasteiger partial charge in [-0.2, -0.15) is 0 Å². The topological polar surface area (TPSA) is 67.8 Å². The van der Waals surface area contributed by atoms with Crippen molar-refractivity contribution in [3.63, 3.8) is 0 Å². The van der Waals surface area contributed by atoms with Crippen LogP contribution >= 0.6 is 11.6 Å². The first-order valence-electron chi connectivity index (χ1n) is 11.8. The molecule has 0 aliphatic carbocycles. The van der Waals surface area contributed by atoms with E-state index in [-0.39, 0.29) is 18.0 Å². The number of likely N-dealkylation sites (tertiary alicyclic amines) is 1. The summed E-state index contributed by atoms with van der Waals surface area (Å²) in [6, 6.07) is 15.8. The van der Waals surface area contributed by atoms with E-state index >= 15 is 0 Å². The molecule has 0 aromatic heterocycles. The molecule has 2 aliphatic rings. The summed E-state index contributed by atoms with van der Waals surface area (Å²) >= 11 is 6.17. The van der Waals surface area contributed by atoms with Gasteiger partial charge in [-0.25, -0.2) is 5.43 Å². The van der Waals surface area contributed by atoms with Crippen LogP contribution < -0.4 is 15.8 Å². The van der Waals surface area contributed by atoms with Crippen LogP contribution in [-0.4, -0.2) is 35.1 Å². The van der Waals surface area contributed by atoms with Gasteiger partial charge in [0.25, 0.3) is 0 Å². The van der Waals surface area contributed by atoms with Crippen LogP contribution in [0.3, 0.4) is 0 Å². The second-order valence-electron chi connectivity index (χ2n) is 9.08. The van der Waals surface area contributed by atoms with Gasteiger partial charge in [0.2, 0.25) is 5.91 Å². The van der Waals surface area contributed by atoms with Crippen LogP contribution in [0, 0.1) is 5.92 Å². The van der Waals surface area contributed by atoms with E-state index in [9.17, 15) is 9.90 Å². The number of amides is 1. The SMILES string of the molecule is C=C(N[C@H](C)c1ccc(N2C=CCN2)cc1)[C@H](O)[C@@H](C)C(=O)N1CCC[C@@H]1c1cccc(Cl)c1. The van der Waals surface area contributed by atoms with Gasteiger partial charge in [-0.05, 0) is 55.2 Å². The maximum Gasteiger partial charge on any atom is 0.228 e. The molecule has 2 aromatic rings. The Balaban J connectivity index is 1.36. The Kier molecular flexibility index (Phi) is 7.61. The number of rotatable bonds is 8. The second kappa shape index (κ2) is 10.6. The summed E-state index contributed by atoms with van der Waals surface area (Å²) in [4.78, 5) is 15.2. The zero-order valence-electron chi connectivity index (χ0n) is 19.7. The quantitative estimate of drug-likeness (QED) is 0.511. The summed E-state index contributed by atoms with van der Waals surface area (Å²) in [5.74, 6) is -0.677. The Morgan fingerprint density at radius 1 is 1.24 bits per heavy atom. The highest BCUT2D eigenvalue weighted by molar-refractivity contribution is 6.30. The molecule has 6 nitrogen and oxygen atoms in total. The third-order valence-electron chi connectivity index (χ3n) is 6.70. The lowest BCUT2D eigenvalue weighted by atomic mass is 9.97. The first kappa shape index (κ1) is 24.3. The molecule has 4 rings (SSSR count). The number of benzene rings is 2. The summed E-state index contributed by atoms with van der Waals surface area (Å²) in [6.45, 7) is 9.33. The van der Waals surface area contributed by atoms with E-state index in [2.05, 4.69) is 35.5 Å². The van der Waals surface area contributed by atoms with Crippen molar-refractivity contribution in [1.29, 1.82) is 0 Å². The van der Waals surface area contributed by atoms with Crippen LogP contribution in [0.25, 0.3) is 0 Å². The van der Waals surface area contributed by atoms with Gasteiger partial charge >= 0.3 is 0 Å². The van der Waals surface area contributed by atoms with Crippen LogP contribution in [0.5, 0.6) is 0 Å². The van der Waals surface area contributed by atoms with Crippen molar-refractivity contribution >= 4 is 23.2 Å². The zero-order valence-corrected chi connectivity index (χ0v) is 20.5. The summed E-state index contributed by atoms with van der Waals surface area (Å²) in [5.41, 5.74) is 6.86. The molecule has 2 heterocycles. The number of anilines is 1. The lowest BCUT2D eigenvalue weighted by Gasteiger charge is -2.31. The number of hydrazine groups is 1. The molecule has 180 valence electrons. The van der Waals surface area contributed by atoms with Gasteiger partial charge in [0.15, 0.2) is 0 Å². The number of carbonyl (C=O) groups excluding carboxylic acids is 1. The first-order valence-corrected chi connectivity index (χ1v) is 12.2. The van der Waals surface area contributed by atoms with Crippen LogP contribution in [0.1, 0.15) is 49.9 Å². The van der Waals surface area contributed by atoms with Gasteiger partial charge in [0.1, 0.15) is 6.10 Å². The Labute approximate surface area is 206 Å². The molecule has 34 heavy (non-hydrogen) atoms. The van der Waals surface area contributed by atoms with Crippen molar-refractivity contribution in [2.24, 2.45) is 5.92 Å². The normalized spacial score (nSPS) is 20.3. The van der Waals surface area contributed by atoms with Crippen molar-refractivity contribution in [3.05, 3.63) is 89.2 Å². The average molecular weight is 481 g/mol. The number of hydrogen-bond acceptors (Lipinski definition) is 5. The number of halogens is 1. The highest BCUT2D eigenvalue weighted by Crippen LogP contribution is 2.34. The lowest BCUT2D eigenvalue weighted by Crippen LogP contribution is -2.42. The summed E-state index contributed by atoms with van der Waals surface area (Å²) in [6.07, 6.45) is 4.90. The van der Waals surface area contributed by atoms with Crippen LogP contribution in [0.15, 0.2) is 73.1 Å². The average Bonchev–Trinajstić information content (AvgIpc) is 3.55. The Hall–Kier alpha value is -2.80. The first-order chi connectivity index (χ1) is 16.3. The summed E-state index contributed by atoms with van der Waals surface area (Å²) in [5, 5.41) is 16.9.